The number of fused-ring (bicyclic) bond motifs is 7. The molecule has 64 heavy (non-hydrogen) atoms. The highest BCUT2D eigenvalue weighted by atomic mass is 15.1. The largest absolute Gasteiger partial charge is 0.310 e. The molecule has 2 heteroatoms. The van der Waals surface area contributed by atoms with Crippen LogP contribution in [0.25, 0.3) is 38.6 Å². The summed E-state index contributed by atoms with van der Waals surface area (Å²) in [5.41, 5.74) is 21.4. The minimum Gasteiger partial charge on any atom is -0.310 e. The quantitative estimate of drug-likeness (QED) is 0.127. The van der Waals surface area contributed by atoms with Gasteiger partial charge in [-0.15, -0.1) is 0 Å². The Kier molecular flexibility index (Phi) is 10.4. The predicted molar refractivity (Wildman–Crippen MR) is 275 cm³/mol. The third-order valence-corrected chi connectivity index (χ3v) is 13.1. The first-order chi connectivity index (χ1) is 31.3. The van der Waals surface area contributed by atoms with Crippen LogP contribution < -0.4 is 9.80 Å². The summed E-state index contributed by atoms with van der Waals surface area (Å²) < 4.78 is 0. The Morgan fingerprint density at radius 2 is 1.05 bits per heavy atom. The summed E-state index contributed by atoms with van der Waals surface area (Å²) in [5.74, 6) is 0. The molecule has 8 aromatic rings. The first-order valence-electron chi connectivity index (χ1n) is 22.3. The molecule has 2 aliphatic rings. The monoisotopic (exact) mass is 824 g/mol. The van der Waals surface area contributed by atoms with E-state index >= 15 is 0 Å². The maximum Gasteiger partial charge on any atom is 0.0582 e. The molecule has 10 rings (SSSR count). The second-order valence-corrected chi connectivity index (χ2v) is 17.3. The van der Waals surface area contributed by atoms with Gasteiger partial charge in [-0.1, -0.05) is 158 Å². The molecule has 0 fully saturated rings. The van der Waals surface area contributed by atoms with Crippen molar-refractivity contribution in [2.75, 3.05) is 9.80 Å². The van der Waals surface area contributed by atoms with E-state index in [1.807, 2.05) is 12.2 Å². The average molecular weight is 825 g/mol. The lowest BCUT2D eigenvalue weighted by Crippen LogP contribution is -2.19. The van der Waals surface area contributed by atoms with E-state index in [4.69, 9.17) is 0 Å². The molecule has 0 saturated carbocycles. The van der Waals surface area contributed by atoms with E-state index in [-0.39, 0.29) is 0 Å². The smallest absolute Gasteiger partial charge is 0.0582 e. The van der Waals surface area contributed by atoms with Crippen LogP contribution in [0.5, 0.6) is 0 Å². The molecule has 2 aliphatic carbocycles. The van der Waals surface area contributed by atoms with Gasteiger partial charge in [0.2, 0.25) is 0 Å². The van der Waals surface area contributed by atoms with Gasteiger partial charge in [0, 0.05) is 33.8 Å². The van der Waals surface area contributed by atoms with Gasteiger partial charge in [0.1, 0.15) is 0 Å². The van der Waals surface area contributed by atoms with E-state index in [0.717, 1.165) is 34.1 Å². The molecule has 2 nitrogen and oxygen atoms in total. The molecule has 0 radical (unpaired) electrons. The standard InChI is InChI=1S/C62H52N2/c1-7-8-26-51(42(2)3)53-33-30-48(38-44(53)5)63(46-22-11-9-12-23-46)50-32-35-57-58(40-50)62(36-19-20-37-62)59-41-60(55-28-17-18-29-56(55)61(57)59)64(47-24-13-10-14-25-47)49-31-34-54(45(6)39-49)52-27-16-15-21-43(52)4/h7-41H,1H2,2-6H3/b26-8-. The fourth-order valence-corrected chi connectivity index (χ4v) is 10.1. The highest BCUT2D eigenvalue weighted by Gasteiger charge is 2.43. The molecule has 0 heterocycles. The van der Waals surface area contributed by atoms with E-state index in [0.29, 0.717) is 0 Å². The van der Waals surface area contributed by atoms with E-state index in [9.17, 15) is 0 Å². The molecular weight excluding hydrogens is 773 g/mol. The first-order valence-corrected chi connectivity index (χ1v) is 22.3. The van der Waals surface area contributed by atoms with Gasteiger partial charge in [-0.3, -0.25) is 0 Å². The summed E-state index contributed by atoms with van der Waals surface area (Å²) in [6.45, 7) is 14.9. The van der Waals surface area contributed by atoms with Crippen LogP contribution in [0.15, 0.2) is 225 Å². The topological polar surface area (TPSA) is 6.48 Å². The maximum absolute atomic E-state index is 3.92. The zero-order valence-electron chi connectivity index (χ0n) is 37.3. The molecule has 0 bridgehead atoms. The number of anilines is 6. The van der Waals surface area contributed by atoms with E-state index < -0.39 is 5.41 Å². The van der Waals surface area contributed by atoms with Crippen LogP contribution in [0.2, 0.25) is 0 Å². The predicted octanol–water partition coefficient (Wildman–Crippen LogP) is 17.3. The summed E-state index contributed by atoms with van der Waals surface area (Å²) >= 11 is 0. The molecule has 0 aromatic heterocycles. The van der Waals surface area contributed by atoms with Crippen molar-refractivity contribution < 1.29 is 0 Å². The molecule has 310 valence electrons. The molecule has 0 aliphatic heterocycles. The average Bonchev–Trinajstić information content (AvgIpc) is 3.92. The van der Waals surface area contributed by atoms with Gasteiger partial charge in [-0.2, -0.15) is 0 Å². The number of aryl methyl sites for hydroxylation is 3. The molecule has 0 atom stereocenters. The van der Waals surface area contributed by atoms with Crippen molar-refractivity contribution in [1.82, 2.24) is 0 Å². The van der Waals surface area contributed by atoms with Crippen molar-refractivity contribution in [2.24, 2.45) is 0 Å². The number of para-hydroxylation sites is 2. The lowest BCUT2D eigenvalue weighted by molar-refractivity contribution is 0.859. The van der Waals surface area contributed by atoms with Crippen LogP contribution in [-0.2, 0) is 5.41 Å². The summed E-state index contributed by atoms with van der Waals surface area (Å²) in [4.78, 5) is 4.86. The number of hydrogen-bond acceptors (Lipinski definition) is 2. The second-order valence-electron chi connectivity index (χ2n) is 17.3. The van der Waals surface area contributed by atoms with E-state index in [1.54, 1.807) is 0 Å². The minimum absolute atomic E-state index is 0.454. The van der Waals surface area contributed by atoms with E-state index in [1.165, 1.54) is 77.6 Å². The lowest BCUT2D eigenvalue weighted by atomic mass is 9.79. The van der Waals surface area contributed by atoms with Crippen LogP contribution in [0.3, 0.4) is 0 Å². The van der Waals surface area contributed by atoms with Gasteiger partial charge in [0.25, 0.3) is 0 Å². The van der Waals surface area contributed by atoms with Crippen LogP contribution in [0.1, 0.15) is 47.2 Å². The molecule has 0 amide bonds. The highest BCUT2D eigenvalue weighted by Crippen LogP contribution is 2.58. The highest BCUT2D eigenvalue weighted by molar-refractivity contribution is 6.11. The van der Waals surface area contributed by atoms with Gasteiger partial charge >= 0.3 is 0 Å². The first kappa shape index (κ1) is 40.4. The molecule has 0 N–H and O–H groups in total. The Balaban J connectivity index is 1.15. The third kappa shape index (κ3) is 6.83. The van der Waals surface area contributed by atoms with Gasteiger partial charge in [-0.25, -0.2) is 0 Å². The SMILES string of the molecule is C=C/C=C\C(=C(C)C)c1ccc(N(c2ccccc2)c2ccc3c(c2)C2(C=CC=C2)c2cc(N(c4ccccc4)c4ccc(-c5ccccc5C)c(C)c4)c4ccccc4c2-3)cc1C. The Morgan fingerprint density at radius 3 is 1.70 bits per heavy atom. The Labute approximate surface area is 378 Å². The van der Waals surface area contributed by atoms with Crippen molar-refractivity contribution in [2.45, 2.75) is 40.0 Å². The Hall–Kier alpha value is -7.68. The lowest BCUT2D eigenvalue weighted by Gasteiger charge is -2.31. The molecule has 0 saturated heterocycles. The van der Waals surface area contributed by atoms with Crippen molar-refractivity contribution in [1.29, 1.82) is 0 Å². The molecule has 8 aromatic carbocycles. The zero-order chi connectivity index (χ0) is 44.0. The summed E-state index contributed by atoms with van der Waals surface area (Å²) in [6, 6.07) is 62.7. The van der Waals surface area contributed by atoms with Crippen LogP contribution in [0, 0.1) is 20.8 Å². The third-order valence-electron chi connectivity index (χ3n) is 13.1. The van der Waals surface area contributed by atoms with Gasteiger partial charge < -0.3 is 9.80 Å². The Bertz CT molecular complexity index is 3220. The van der Waals surface area contributed by atoms with Crippen LogP contribution in [-0.4, -0.2) is 0 Å². The minimum atomic E-state index is -0.454. The van der Waals surface area contributed by atoms with Crippen LogP contribution >= 0.6 is 0 Å². The fourth-order valence-electron chi connectivity index (χ4n) is 10.1. The maximum atomic E-state index is 3.92. The van der Waals surface area contributed by atoms with Crippen molar-refractivity contribution in [3.63, 3.8) is 0 Å². The van der Waals surface area contributed by atoms with Crippen molar-refractivity contribution in [3.8, 4) is 22.3 Å². The number of benzene rings is 8. The number of allylic oxidation sites excluding steroid dienone is 9. The zero-order valence-corrected chi connectivity index (χ0v) is 37.3. The fraction of sp³-hybridized carbons (Fsp3) is 0.0968. The molecule has 0 unspecified atom stereocenters. The van der Waals surface area contributed by atoms with Gasteiger partial charge in [0.05, 0.1) is 11.1 Å². The van der Waals surface area contributed by atoms with Crippen molar-refractivity contribution in [3.05, 3.63) is 258 Å². The van der Waals surface area contributed by atoms with Crippen molar-refractivity contribution >= 4 is 50.5 Å². The number of nitrogens with zero attached hydrogens (tertiary/aromatic N) is 2. The number of hydrogen-bond donors (Lipinski definition) is 0. The van der Waals surface area contributed by atoms with Gasteiger partial charge in [-0.05, 0) is 168 Å². The van der Waals surface area contributed by atoms with E-state index in [2.05, 4.69) is 251 Å². The summed E-state index contributed by atoms with van der Waals surface area (Å²) in [6.07, 6.45) is 15.3. The number of rotatable bonds is 10. The summed E-state index contributed by atoms with van der Waals surface area (Å²) in [7, 11) is 0. The Morgan fingerprint density at radius 1 is 0.484 bits per heavy atom. The molecule has 1 spiro atoms. The molecular formula is C62H52N2. The normalized spacial score (nSPS) is 13.1. The van der Waals surface area contributed by atoms with Crippen LogP contribution in [0.4, 0.5) is 34.1 Å². The van der Waals surface area contributed by atoms with Gasteiger partial charge in [0.15, 0.2) is 0 Å². The summed E-state index contributed by atoms with van der Waals surface area (Å²) in [5, 5.41) is 2.46. The second kappa shape index (κ2) is 16.5.